The molecule has 1 atom stereocenters. The molecule has 7 nitrogen and oxygen atoms in total. The minimum absolute atomic E-state index is 0.00505. The highest BCUT2D eigenvalue weighted by atomic mass is 32.2. The van der Waals surface area contributed by atoms with E-state index in [1.807, 2.05) is 19.0 Å². The summed E-state index contributed by atoms with van der Waals surface area (Å²) in [6, 6.07) is -1.02. The molecule has 1 aliphatic rings. The Balaban J connectivity index is 2.51. The summed E-state index contributed by atoms with van der Waals surface area (Å²) in [5.41, 5.74) is 0. The van der Waals surface area contributed by atoms with Crippen molar-refractivity contribution in [3.8, 4) is 0 Å². The van der Waals surface area contributed by atoms with Crippen LogP contribution in [0.4, 0.5) is 0 Å². The molecule has 0 aliphatic carbocycles. The van der Waals surface area contributed by atoms with Crippen LogP contribution in [-0.4, -0.2) is 68.5 Å². The Kier molecular flexibility index (Phi) is 4.25. The smallest absolute Gasteiger partial charge is 0.323 e. The third kappa shape index (κ3) is 3.41. The number of rotatable bonds is 5. The van der Waals surface area contributed by atoms with E-state index < -0.39 is 22.2 Å². The van der Waals surface area contributed by atoms with Gasteiger partial charge in [-0.25, -0.2) is 0 Å². The highest BCUT2D eigenvalue weighted by Crippen LogP contribution is 2.10. The molecule has 0 radical (unpaired) electrons. The number of carboxylic acids is 1. The third-order valence-corrected chi connectivity index (χ3v) is 3.92. The topological polar surface area (TPSA) is 89.9 Å². The van der Waals surface area contributed by atoms with Crippen LogP contribution in [0.15, 0.2) is 0 Å². The van der Waals surface area contributed by atoms with E-state index in [0.29, 0.717) is 13.0 Å². The molecule has 1 saturated heterocycles. The number of aliphatic carboxylic acids is 1. The first kappa shape index (κ1) is 13.4. The lowest BCUT2D eigenvalue weighted by Gasteiger charge is -2.15. The van der Waals surface area contributed by atoms with E-state index in [4.69, 9.17) is 5.11 Å². The van der Waals surface area contributed by atoms with E-state index in [0.717, 1.165) is 6.54 Å². The van der Waals surface area contributed by atoms with Gasteiger partial charge in [0.2, 0.25) is 0 Å². The number of carboxylic acid groups (broad SMARTS) is 1. The van der Waals surface area contributed by atoms with Gasteiger partial charge in [-0.1, -0.05) is 0 Å². The maximum Gasteiger partial charge on any atom is 0.323 e. The van der Waals surface area contributed by atoms with Crippen molar-refractivity contribution in [1.29, 1.82) is 0 Å². The molecule has 1 rings (SSSR count). The van der Waals surface area contributed by atoms with Crippen molar-refractivity contribution in [3.05, 3.63) is 0 Å². The van der Waals surface area contributed by atoms with Crippen molar-refractivity contribution in [2.24, 2.45) is 0 Å². The van der Waals surface area contributed by atoms with Crippen molar-refractivity contribution in [3.63, 3.8) is 0 Å². The summed E-state index contributed by atoms with van der Waals surface area (Å²) < 4.78 is 26.3. The van der Waals surface area contributed by atoms with Gasteiger partial charge >= 0.3 is 5.97 Å². The van der Waals surface area contributed by atoms with Crippen LogP contribution >= 0.6 is 0 Å². The molecule has 0 aromatic rings. The lowest BCUT2D eigenvalue weighted by atomic mass is 10.3. The quantitative estimate of drug-likeness (QED) is 0.623. The SMILES string of the molecule is CN(C)CCCN1CC(C(=O)O)NS1(=O)=O. The second-order valence-corrected chi connectivity index (χ2v) is 5.73. The van der Waals surface area contributed by atoms with Crippen molar-refractivity contribution in [1.82, 2.24) is 13.9 Å². The molecular formula is C8H17N3O4S. The van der Waals surface area contributed by atoms with Crippen LogP contribution in [0.2, 0.25) is 0 Å². The lowest BCUT2D eigenvalue weighted by Crippen LogP contribution is -2.34. The van der Waals surface area contributed by atoms with Crippen LogP contribution in [0.1, 0.15) is 6.42 Å². The molecule has 0 aromatic carbocycles. The van der Waals surface area contributed by atoms with Crippen molar-refractivity contribution < 1.29 is 18.3 Å². The molecule has 0 aromatic heterocycles. The van der Waals surface area contributed by atoms with Gasteiger partial charge in [0.05, 0.1) is 0 Å². The third-order valence-electron chi connectivity index (χ3n) is 2.33. The van der Waals surface area contributed by atoms with Gasteiger partial charge in [-0.15, -0.1) is 0 Å². The normalized spacial score (nSPS) is 25.1. The Hall–Kier alpha value is -0.700. The minimum Gasteiger partial charge on any atom is -0.480 e. The number of carbonyl (C=O) groups is 1. The van der Waals surface area contributed by atoms with Gasteiger partial charge in [-0.2, -0.15) is 17.4 Å². The zero-order valence-corrected chi connectivity index (χ0v) is 10.2. The molecule has 16 heavy (non-hydrogen) atoms. The van der Waals surface area contributed by atoms with E-state index in [-0.39, 0.29) is 6.54 Å². The molecule has 0 amide bonds. The highest BCUT2D eigenvalue weighted by molar-refractivity contribution is 7.87. The van der Waals surface area contributed by atoms with Gasteiger partial charge in [0.25, 0.3) is 10.2 Å². The second kappa shape index (κ2) is 5.09. The summed E-state index contributed by atoms with van der Waals surface area (Å²) in [5, 5.41) is 8.72. The Labute approximate surface area is 95.2 Å². The average molecular weight is 251 g/mol. The van der Waals surface area contributed by atoms with Crippen molar-refractivity contribution in [2.45, 2.75) is 12.5 Å². The molecule has 1 aliphatic heterocycles. The molecule has 8 heteroatoms. The van der Waals surface area contributed by atoms with Gasteiger partial charge in [0.15, 0.2) is 0 Å². The fraction of sp³-hybridized carbons (Fsp3) is 0.875. The van der Waals surface area contributed by atoms with Gasteiger partial charge in [0.1, 0.15) is 6.04 Å². The van der Waals surface area contributed by atoms with Gasteiger partial charge < -0.3 is 10.0 Å². The second-order valence-electron chi connectivity index (χ2n) is 4.03. The zero-order valence-electron chi connectivity index (χ0n) is 9.38. The van der Waals surface area contributed by atoms with Crippen LogP contribution in [-0.2, 0) is 15.0 Å². The van der Waals surface area contributed by atoms with Crippen LogP contribution < -0.4 is 4.72 Å². The predicted octanol–water partition coefficient (Wildman–Crippen LogP) is -1.46. The fourth-order valence-corrected chi connectivity index (χ4v) is 2.90. The van der Waals surface area contributed by atoms with Gasteiger partial charge in [0, 0.05) is 13.1 Å². The maximum absolute atomic E-state index is 11.5. The van der Waals surface area contributed by atoms with E-state index in [1.54, 1.807) is 0 Å². The standard InChI is InChI=1S/C8H17N3O4S/c1-10(2)4-3-5-11-6-7(8(12)13)9-16(11,14)15/h7,9H,3-6H2,1-2H3,(H,12,13). The number of hydrogen-bond donors (Lipinski definition) is 2. The lowest BCUT2D eigenvalue weighted by molar-refractivity contribution is -0.138. The van der Waals surface area contributed by atoms with Crippen LogP contribution in [0.3, 0.4) is 0 Å². The van der Waals surface area contributed by atoms with E-state index in [1.165, 1.54) is 4.31 Å². The first-order valence-corrected chi connectivity index (χ1v) is 6.42. The van der Waals surface area contributed by atoms with Crippen LogP contribution in [0.25, 0.3) is 0 Å². The molecule has 1 unspecified atom stereocenters. The van der Waals surface area contributed by atoms with Crippen molar-refractivity contribution in [2.75, 3.05) is 33.7 Å². The van der Waals surface area contributed by atoms with Crippen LogP contribution in [0.5, 0.6) is 0 Å². The summed E-state index contributed by atoms with van der Waals surface area (Å²) >= 11 is 0. The number of nitrogens with zero attached hydrogens (tertiary/aromatic N) is 2. The summed E-state index contributed by atoms with van der Waals surface area (Å²) in [4.78, 5) is 12.6. The summed E-state index contributed by atoms with van der Waals surface area (Å²) in [5.74, 6) is -1.14. The van der Waals surface area contributed by atoms with Gasteiger partial charge in [-0.05, 0) is 27.1 Å². The van der Waals surface area contributed by atoms with Crippen LogP contribution in [0, 0.1) is 0 Å². The first-order valence-electron chi connectivity index (χ1n) is 4.98. The van der Waals surface area contributed by atoms with Crippen molar-refractivity contribution >= 4 is 16.2 Å². The minimum atomic E-state index is -3.60. The highest BCUT2D eigenvalue weighted by Gasteiger charge is 2.38. The summed E-state index contributed by atoms with van der Waals surface area (Å²) in [6.45, 7) is 1.12. The molecule has 2 N–H and O–H groups in total. The van der Waals surface area contributed by atoms with E-state index in [2.05, 4.69) is 4.72 Å². The molecule has 0 bridgehead atoms. The average Bonchev–Trinajstić information content (AvgIpc) is 2.41. The Morgan fingerprint density at radius 1 is 1.56 bits per heavy atom. The maximum atomic E-state index is 11.5. The Bertz CT molecular complexity index is 354. The number of nitrogens with one attached hydrogen (secondary N) is 1. The Morgan fingerprint density at radius 3 is 2.62 bits per heavy atom. The summed E-state index contributed by atoms with van der Waals surface area (Å²) in [7, 11) is 0.204. The molecule has 1 fully saturated rings. The van der Waals surface area contributed by atoms with Gasteiger partial charge in [-0.3, -0.25) is 4.79 Å². The Morgan fingerprint density at radius 2 is 2.19 bits per heavy atom. The van der Waals surface area contributed by atoms with E-state index >= 15 is 0 Å². The predicted molar refractivity (Wildman–Crippen MR) is 58.2 cm³/mol. The fourth-order valence-electron chi connectivity index (χ4n) is 1.50. The first-order chi connectivity index (χ1) is 7.33. The summed E-state index contributed by atoms with van der Waals surface area (Å²) in [6.07, 6.45) is 0.681. The van der Waals surface area contributed by atoms with E-state index in [9.17, 15) is 13.2 Å². The largest absolute Gasteiger partial charge is 0.480 e. The zero-order chi connectivity index (χ0) is 12.3. The molecule has 0 saturated carbocycles. The molecule has 0 spiro atoms. The number of hydrogen-bond acceptors (Lipinski definition) is 4. The molecular weight excluding hydrogens is 234 g/mol. The molecule has 1 heterocycles. The monoisotopic (exact) mass is 251 g/mol. The molecule has 94 valence electrons.